The van der Waals surface area contributed by atoms with E-state index < -0.39 is 23.8 Å². The molecule has 3 rings (SSSR count). The van der Waals surface area contributed by atoms with Crippen molar-refractivity contribution in [2.45, 2.75) is 97.8 Å². The Morgan fingerprint density at radius 3 is 2.15 bits per heavy atom. The minimum atomic E-state index is -0.964. The number of nitrogens with zero attached hydrogens (tertiary/aromatic N) is 1. The maximum Gasteiger partial charge on any atom is 0.408 e. The van der Waals surface area contributed by atoms with Crippen LogP contribution in [-0.2, 0) is 20.7 Å². The van der Waals surface area contributed by atoms with Gasteiger partial charge in [0.15, 0.2) is 0 Å². The second kappa shape index (κ2) is 17.4. The summed E-state index contributed by atoms with van der Waals surface area (Å²) in [7, 11) is 1.59. The third-order valence-corrected chi connectivity index (χ3v) is 7.92. The van der Waals surface area contributed by atoms with E-state index in [-0.39, 0.29) is 18.2 Å². The van der Waals surface area contributed by atoms with E-state index in [0.717, 1.165) is 47.9 Å². The Kier molecular flexibility index (Phi) is 13.7. The van der Waals surface area contributed by atoms with Crippen LogP contribution < -0.4 is 15.4 Å². The molecule has 0 saturated heterocycles. The van der Waals surface area contributed by atoms with Crippen LogP contribution in [0.2, 0.25) is 0 Å². The number of alkyl carbamates (subject to hydrolysis) is 1. The van der Waals surface area contributed by atoms with Gasteiger partial charge in [0.1, 0.15) is 23.4 Å². The van der Waals surface area contributed by atoms with Gasteiger partial charge in [-0.05, 0) is 87.6 Å². The highest BCUT2D eigenvalue weighted by atomic mass is 16.6. The molecule has 0 radical (unpaired) electrons. The summed E-state index contributed by atoms with van der Waals surface area (Å²) < 4.78 is 10.9. The normalized spacial score (nSPS) is 12.5. The number of nitrogens with one attached hydrogen (secondary N) is 2. The summed E-state index contributed by atoms with van der Waals surface area (Å²) in [5.41, 5.74) is 3.41. The van der Waals surface area contributed by atoms with Crippen molar-refractivity contribution in [1.29, 1.82) is 0 Å². The van der Waals surface area contributed by atoms with E-state index in [4.69, 9.17) is 9.47 Å². The number of aryl methyl sites for hydroxylation is 1. The highest BCUT2D eigenvalue weighted by Crippen LogP contribution is 2.30. The van der Waals surface area contributed by atoms with Crippen LogP contribution in [0.25, 0.3) is 0 Å². The summed E-state index contributed by atoms with van der Waals surface area (Å²) in [5, 5.41) is 5.89. The maximum absolute atomic E-state index is 14.8. The third-order valence-electron chi connectivity index (χ3n) is 7.92. The van der Waals surface area contributed by atoms with Gasteiger partial charge in [-0.1, -0.05) is 81.1 Å². The lowest BCUT2D eigenvalue weighted by Crippen LogP contribution is -2.53. The predicted molar refractivity (Wildman–Crippen MR) is 184 cm³/mol. The van der Waals surface area contributed by atoms with Crippen molar-refractivity contribution in [2.24, 2.45) is 0 Å². The standard InChI is InChI=1S/C38H51N3O5/c1-8-9-10-11-15-25-41(36(43)33(26-29-18-13-12-14-19-29)40-37(44)46-38(4,5)6)34(32-20-16-17-27(2)28(32)3)35(42)39-30-21-23-31(45-7)24-22-30/h12-14,16-24,33-34H,8-11,15,25-26H2,1-7H3,(H,39,42)(H,40,44). The first-order valence-electron chi connectivity index (χ1n) is 16.3. The van der Waals surface area contributed by atoms with Gasteiger partial charge in [-0.2, -0.15) is 0 Å². The molecule has 3 aromatic carbocycles. The number of carbonyl (C=O) groups is 3. The molecule has 0 aromatic heterocycles. The number of unbranched alkanes of at least 4 members (excludes halogenated alkanes) is 4. The van der Waals surface area contributed by atoms with Crippen LogP contribution >= 0.6 is 0 Å². The first kappa shape index (κ1) is 36.1. The fourth-order valence-corrected chi connectivity index (χ4v) is 5.36. The first-order valence-corrected chi connectivity index (χ1v) is 16.3. The zero-order valence-corrected chi connectivity index (χ0v) is 28.5. The molecule has 0 fully saturated rings. The molecule has 0 aliphatic rings. The van der Waals surface area contributed by atoms with Crippen LogP contribution in [0.1, 0.15) is 88.1 Å². The lowest BCUT2D eigenvalue weighted by molar-refractivity contribution is -0.140. The second-order valence-corrected chi connectivity index (χ2v) is 12.7. The van der Waals surface area contributed by atoms with Crippen LogP contribution in [0, 0.1) is 13.8 Å². The van der Waals surface area contributed by atoms with Crippen molar-refractivity contribution in [2.75, 3.05) is 19.0 Å². The summed E-state index contributed by atoms with van der Waals surface area (Å²) in [6, 6.07) is 20.6. The van der Waals surface area contributed by atoms with Crippen molar-refractivity contribution in [3.05, 3.63) is 95.1 Å². The average Bonchev–Trinajstić information content (AvgIpc) is 3.01. The van der Waals surface area contributed by atoms with Gasteiger partial charge >= 0.3 is 6.09 Å². The quantitative estimate of drug-likeness (QED) is 0.167. The molecule has 0 saturated carbocycles. The van der Waals surface area contributed by atoms with E-state index in [1.807, 2.05) is 62.4 Å². The summed E-state index contributed by atoms with van der Waals surface area (Å²) in [6.45, 7) is 11.8. The Balaban J connectivity index is 2.09. The van der Waals surface area contributed by atoms with Crippen molar-refractivity contribution in [1.82, 2.24) is 10.2 Å². The SMILES string of the molecule is CCCCCCCN(C(=O)C(Cc1ccccc1)NC(=O)OC(C)(C)C)C(C(=O)Nc1ccc(OC)cc1)c1cccc(C)c1C. The van der Waals surface area contributed by atoms with E-state index >= 15 is 0 Å². The molecule has 0 spiro atoms. The highest BCUT2D eigenvalue weighted by molar-refractivity contribution is 5.99. The van der Waals surface area contributed by atoms with Crippen LogP contribution in [0.15, 0.2) is 72.8 Å². The van der Waals surface area contributed by atoms with E-state index in [2.05, 4.69) is 17.6 Å². The molecule has 0 aliphatic heterocycles. The average molecular weight is 630 g/mol. The summed E-state index contributed by atoms with van der Waals surface area (Å²) in [5.74, 6) is -0.0116. The molecular weight excluding hydrogens is 578 g/mol. The topological polar surface area (TPSA) is 97.0 Å². The number of anilines is 1. The zero-order valence-electron chi connectivity index (χ0n) is 28.5. The molecule has 8 heteroatoms. The van der Waals surface area contributed by atoms with Gasteiger partial charge in [0.05, 0.1) is 7.11 Å². The number of methoxy groups -OCH3 is 1. The van der Waals surface area contributed by atoms with Crippen molar-refractivity contribution >= 4 is 23.6 Å². The van der Waals surface area contributed by atoms with Gasteiger partial charge < -0.3 is 25.0 Å². The van der Waals surface area contributed by atoms with E-state index in [1.165, 1.54) is 0 Å². The van der Waals surface area contributed by atoms with Gasteiger partial charge in [-0.15, -0.1) is 0 Å². The van der Waals surface area contributed by atoms with Crippen molar-refractivity contribution in [3.63, 3.8) is 0 Å². The van der Waals surface area contributed by atoms with Crippen LogP contribution in [0.3, 0.4) is 0 Å². The molecular formula is C38H51N3O5. The lowest BCUT2D eigenvalue weighted by Gasteiger charge is -2.35. The van der Waals surface area contributed by atoms with Gasteiger partial charge in [-0.3, -0.25) is 9.59 Å². The Morgan fingerprint density at radius 2 is 1.52 bits per heavy atom. The number of rotatable bonds is 15. The van der Waals surface area contributed by atoms with E-state index in [9.17, 15) is 14.4 Å². The Labute approximate surface area is 274 Å². The number of ether oxygens (including phenoxy) is 2. The largest absolute Gasteiger partial charge is 0.497 e. The molecule has 3 aromatic rings. The minimum Gasteiger partial charge on any atom is -0.497 e. The van der Waals surface area contributed by atoms with E-state index in [0.29, 0.717) is 24.4 Å². The lowest BCUT2D eigenvalue weighted by atomic mass is 9.94. The Morgan fingerprint density at radius 1 is 0.848 bits per heavy atom. The number of carbonyl (C=O) groups excluding carboxylic acids is 3. The van der Waals surface area contributed by atoms with Crippen LogP contribution in [0.4, 0.5) is 10.5 Å². The Bertz CT molecular complexity index is 1420. The van der Waals surface area contributed by atoms with Crippen LogP contribution in [0.5, 0.6) is 5.75 Å². The zero-order chi connectivity index (χ0) is 33.7. The van der Waals surface area contributed by atoms with Gasteiger partial charge in [-0.25, -0.2) is 4.79 Å². The first-order chi connectivity index (χ1) is 21.9. The molecule has 46 heavy (non-hydrogen) atoms. The van der Waals surface area contributed by atoms with Crippen molar-refractivity contribution in [3.8, 4) is 5.75 Å². The number of benzene rings is 3. The summed E-state index contributed by atoms with van der Waals surface area (Å²) in [6.07, 6.45) is 4.42. The number of hydrogen-bond donors (Lipinski definition) is 2. The van der Waals surface area contributed by atoms with Gasteiger partial charge in [0.2, 0.25) is 5.91 Å². The molecule has 2 atom stereocenters. The fraction of sp³-hybridized carbons (Fsp3) is 0.447. The number of amides is 3. The molecule has 0 aliphatic carbocycles. The molecule has 2 N–H and O–H groups in total. The van der Waals surface area contributed by atoms with Crippen LogP contribution in [-0.4, -0.2) is 48.1 Å². The smallest absolute Gasteiger partial charge is 0.408 e. The molecule has 2 unspecified atom stereocenters. The van der Waals surface area contributed by atoms with E-state index in [1.54, 1.807) is 57.0 Å². The van der Waals surface area contributed by atoms with Crippen molar-refractivity contribution < 1.29 is 23.9 Å². The molecule has 0 bridgehead atoms. The maximum atomic E-state index is 14.8. The number of hydrogen-bond acceptors (Lipinski definition) is 5. The van der Waals surface area contributed by atoms with Gasteiger partial charge in [0, 0.05) is 18.7 Å². The molecule has 8 nitrogen and oxygen atoms in total. The molecule has 248 valence electrons. The summed E-state index contributed by atoms with van der Waals surface area (Å²) in [4.78, 5) is 43.9. The highest BCUT2D eigenvalue weighted by Gasteiger charge is 2.37. The third kappa shape index (κ3) is 10.9. The Hall–Kier alpha value is -4.33. The predicted octanol–water partition coefficient (Wildman–Crippen LogP) is 7.93. The monoisotopic (exact) mass is 629 g/mol. The fourth-order valence-electron chi connectivity index (χ4n) is 5.36. The minimum absolute atomic E-state index is 0.241. The van der Waals surface area contributed by atoms with Gasteiger partial charge in [0.25, 0.3) is 5.91 Å². The summed E-state index contributed by atoms with van der Waals surface area (Å²) >= 11 is 0. The second-order valence-electron chi connectivity index (χ2n) is 12.7. The molecule has 3 amide bonds. The molecule has 0 heterocycles.